The number of hydrogen-bond donors (Lipinski definition) is 1. The smallest absolute Gasteiger partial charge is 0.200 e. The first-order valence-corrected chi connectivity index (χ1v) is 15.8. The third-order valence-electron chi connectivity index (χ3n) is 7.32. The van der Waals surface area contributed by atoms with E-state index in [4.69, 9.17) is 9.47 Å². The topological polar surface area (TPSA) is 50.4 Å². The van der Waals surface area contributed by atoms with Crippen LogP contribution in [0.2, 0.25) is 0 Å². The molecule has 11 heteroatoms. The fourth-order valence-electron chi connectivity index (χ4n) is 4.99. The highest BCUT2D eigenvalue weighted by atomic mass is 32.2. The maximum Gasteiger partial charge on any atom is 0.200 e. The molecule has 0 saturated carbocycles. The van der Waals surface area contributed by atoms with Crippen molar-refractivity contribution in [1.82, 2.24) is 15.1 Å². The van der Waals surface area contributed by atoms with Crippen molar-refractivity contribution in [2.45, 2.75) is 18.8 Å². The Hall–Kier alpha value is -3.83. The van der Waals surface area contributed by atoms with E-state index < -0.39 is 35.2 Å². The van der Waals surface area contributed by atoms with Crippen LogP contribution in [0.5, 0.6) is 11.5 Å². The molecule has 2 aromatic carbocycles. The molecule has 0 aliphatic carbocycles. The van der Waals surface area contributed by atoms with Gasteiger partial charge in [-0.3, -0.25) is 0 Å². The Kier molecular flexibility index (Phi) is 9.12. The number of ether oxygens (including phenoxy) is 2. The molecular weight excluding hydrogens is 598 g/mol. The fourth-order valence-corrected chi connectivity index (χ4v) is 5.91. The fraction of sp³-hybridized carbons (Fsp3) is 0.219. The number of allylic oxidation sites excluding steroid dienone is 3. The van der Waals surface area contributed by atoms with Gasteiger partial charge in [0, 0.05) is 34.6 Å². The molecule has 5 nitrogen and oxygen atoms in total. The lowest BCUT2D eigenvalue weighted by Gasteiger charge is -2.35. The summed E-state index contributed by atoms with van der Waals surface area (Å²) < 4.78 is 70.8. The molecule has 1 N–H and O–H groups in total. The molecule has 5 rings (SSSR count). The van der Waals surface area contributed by atoms with Crippen molar-refractivity contribution in [3.8, 4) is 22.9 Å². The SMILES string of the molecule is C=C1/C=C\N(F)C/C(F)=C(F)\C(Oc2ccc(F)c(-c3ncc(C4(C)CCOc5c(/C=C/SC)cccc54)[nH]3)c2)=C/1SC. The largest absolute Gasteiger partial charge is 0.493 e. The van der Waals surface area contributed by atoms with Crippen LogP contribution in [-0.4, -0.2) is 40.8 Å². The van der Waals surface area contributed by atoms with Crippen LogP contribution in [0.4, 0.5) is 17.7 Å². The van der Waals surface area contributed by atoms with Crippen LogP contribution in [0.15, 0.2) is 94.7 Å². The van der Waals surface area contributed by atoms with Gasteiger partial charge in [-0.15, -0.1) is 28.0 Å². The van der Waals surface area contributed by atoms with Crippen molar-refractivity contribution in [3.63, 3.8) is 0 Å². The Morgan fingerprint density at radius 2 is 2.00 bits per heavy atom. The number of benzene rings is 2. The van der Waals surface area contributed by atoms with Gasteiger partial charge in [0.15, 0.2) is 17.4 Å². The zero-order valence-corrected chi connectivity index (χ0v) is 25.4. The van der Waals surface area contributed by atoms with Gasteiger partial charge in [0.05, 0.1) is 17.1 Å². The van der Waals surface area contributed by atoms with Crippen LogP contribution in [0.3, 0.4) is 0 Å². The minimum atomic E-state index is -1.37. The lowest BCUT2D eigenvalue weighted by atomic mass is 9.75. The van der Waals surface area contributed by atoms with Crippen molar-refractivity contribution in [2.75, 3.05) is 25.7 Å². The lowest BCUT2D eigenvalue weighted by Crippen LogP contribution is -2.31. The average Bonchev–Trinajstić information content (AvgIpc) is 3.51. The van der Waals surface area contributed by atoms with Crippen LogP contribution >= 0.6 is 23.5 Å². The Bertz CT molecular complexity index is 1680. The highest BCUT2D eigenvalue weighted by molar-refractivity contribution is 8.02. The monoisotopic (exact) mass is 627 g/mol. The summed E-state index contributed by atoms with van der Waals surface area (Å²) in [5.74, 6) is -2.75. The Morgan fingerprint density at radius 3 is 2.77 bits per heavy atom. The molecule has 1 unspecified atom stereocenters. The summed E-state index contributed by atoms with van der Waals surface area (Å²) in [7, 11) is 0. The number of imidazole rings is 1. The summed E-state index contributed by atoms with van der Waals surface area (Å²) in [5, 5.41) is 2.00. The van der Waals surface area contributed by atoms with Crippen LogP contribution in [-0.2, 0) is 5.41 Å². The van der Waals surface area contributed by atoms with Crippen LogP contribution in [0, 0.1) is 5.82 Å². The number of halogens is 4. The van der Waals surface area contributed by atoms with E-state index in [0.717, 1.165) is 46.6 Å². The predicted octanol–water partition coefficient (Wildman–Crippen LogP) is 9.01. The van der Waals surface area contributed by atoms with Crippen molar-refractivity contribution >= 4 is 29.6 Å². The molecule has 224 valence electrons. The lowest BCUT2D eigenvalue weighted by molar-refractivity contribution is 0.0937. The number of para-hydroxylation sites is 1. The summed E-state index contributed by atoms with van der Waals surface area (Å²) in [6.07, 6.45) is 10.2. The van der Waals surface area contributed by atoms with Gasteiger partial charge in [0.1, 0.15) is 29.7 Å². The molecule has 0 saturated heterocycles. The second-order valence-electron chi connectivity index (χ2n) is 10.1. The van der Waals surface area contributed by atoms with Crippen molar-refractivity contribution < 1.29 is 27.1 Å². The van der Waals surface area contributed by atoms with Gasteiger partial charge in [-0.05, 0) is 67.2 Å². The first kappa shape index (κ1) is 30.6. The molecule has 3 heterocycles. The third-order valence-corrected chi connectivity index (χ3v) is 8.59. The van der Waals surface area contributed by atoms with Crippen molar-refractivity contribution in [3.05, 3.63) is 117 Å². The maximum atomic E-state index is 15.2. The quantitative estimate of drug-likeness (QED) is 0.208. The normalized spacial score (nSPS) is 23.4. The zero-order chi connectivity index (χ0) is 30.7. The molecule has 43 heavy (non-hydrogen) atoms. The van der Waals surface area contributed by atoms with Gasteiger partial charge in [0.25, 0.3) is 0 Å². The second kappa shape index (κ2) is 12.8. The van der Waals surface area contributed by atoms with Crippen LogP contribution in [0.25, 0.3) is 17.5 Å². The van der Waals surface area contributed by atoms with E-state index >= 15 is 8.78 Å². The Morgan fingerprint density at radius 1 is 1.19 bits per heavy atom. The zero-order valence-electron chi connectivity index (χ0n) is 23.7. The number of thioether (sulfide) groups is 2. The molecule has 0 fully saturated rings. The van der Waals surface area contributed by atoms with Crippen molar-refractivity contribution in [2.24, 2.45) is 0 Å². The Balaban J connectivity index is 1.52. The van der Waals surface area contributed by atoms with E-state index in [9.17, 15) is 8.87 Å². The number of fused-ring (bicyclic) bond motifs is 1. The summed E-state index contributed by atoms with van der Waals surface area (Å²) in [4.78, 5) is 7.91. The van der Waals surface area contributed by atoms with Gasteiger partial charge < -0.3 is 14.5 Å². The number of aromatic nitrogens is 2. The van der Waals surface area contributed by atoms with E-state index in [1.807, 2.05) is 35.9 Å². The van der Waals surface area contributed by atoms with Crippen molar-refractivity contribution in [1.29, 1.82) is 0 Å². The van der Waals surface area contributed by atoms with E-state index in [0.29, 0.717) is 13.0 Å². The number of nitrogens with one attached hydrogen (secondary N) is 1. The minimum absolute atomic E-state index is 0.00455. The van der Waals surface area contributed by atoms with Crippen LogP contribution < -0.4 is 9.47 Å². The molecule has 0 amide bonds. The summed E-state index contributed by atoms with van der Waals surface area (Å²) in [6, 6.07) is 9.80. The highest BCUT2D eigenvalue weighted by Gasteiger charge is 2.37. The Labute approximate surface area is 256 Å². The molecule has 0 radical (unpaired) electrons. The first-order valence-electron chi connectivity index (χ1n) is 13.3. The number of aromatic amines is 1. The summed E-state index contributed by atoms with van der Waals surface area (Å²) >= 11 is 2.65. The van der Waals surface area contributed by atoms with Gasteiger partial charge in [-0.2, -0.15) is 4.39 Å². The predicted molar refractivity (Wildman–Crippen MR) is 166 cm³/mol. The van der Waals surface area contributed by atoms with E-state index in [-0.39, 0.29) is 32.7 Å². The standard InChI is InChI=1S/C32H29F4N3O2S2/c1-19-10-13-39(36)18-25(34)27(35)29(30(19)43-4)41-21-8-9-24(33)22(16-21)31-37-17-26(38-31)32(2)12-14-40-28-20(11-15-42-3)6-5-7-23(28)32/h5-11,13,15-17H,1,12,14,18H2,2-4H3,(H,37,38)/b13-10-,15-11+,27-25-,30-29-. The first-order chi connectivity index (χ1) is 20.7. The van der Waals surface area contributed by atoms with Crippen LogP contribution in [0.1, 0.15) is 30.2 Å². The number of rotatable bonds is 7. The number of hydrogen-bond acceptors (Lipinski definition) is 6. The molecule has 0 bridgehead atoms. The molecule has 3 aromatic rings. The molecular formula is C32H29F4N3O2S2. The summed E-state index contributed by atoms with van der Waals surface area (Å²) in [6.45, 7) is 5.45. The number of nitrogens with zero attached hydrogens (tertiary/aromatic N) is 2. The summed E-state index contributed by atoms with van der Waals surface area (Å²) in [5.41, 5.74) is 2.51. The highest BCUT2D eigenvalue weighted by Crippen LogP contribution is 2.45. The molecule has 1 aromatic heterocycles. The molecule has 0 spiro atoms. The minimum Gasteiger partial charge on any atom is -0.493 e. The van der Waals surface area contributed by atoms with E-state index in [1.54, 1.807) is 24.2 Å². The maximum absolute atomic E-state index is 15.2. The third kappa shape index (κ3) is 6.14. The second-order valence-corrected chi connectivity index (χ2v) is 11.6. The van der Waals surface area contributed by atoms with E-state index in [2.05, 4.69) is 23.5 Å². The van der Waals surface area contributed by atoms with Gasteiger partial charge in [-0.1, -0.05) is 24.8 Å². The van der Waals surface area contributed by atoms with Gasteiger partial charge >= 0.3 is 0 Å². The average molecular weight is 628 g/mol. The molecule has 2 aliphatic heterocycles. The number of H-pyrrole nitrogens is 1. The van der Waals surface area contributed by atoms with Gasteiger partial charge in [0.2, 0.25) is 0 Å². The van der Waals surface area contributed by atoms with E-state index in [1.165, 1.54) is 18.2 Å². The van der Waals surface area contributed by atoms with Gasteiger partial charge in [-0.25, -0.2) is 18.9 Å². The molecule has 1 atom stereocenters. The molecule has 2 aliphatic rings.